The summed E-state index contributed by atoms with van der Waals surface area (Å²) >= 11 is 0.933. The number of aromatic hydroxyl groups is 4. The average molecular weight is 1370 g/mol. The lowest BCUT2D eigenvalue weighted by molar-refractivity contribution is -0.447. The molecule has 9 aromatic rings. The molecule has 8 N–H and O–H groups in total. The van der Waals surface area contributed by atoms with Crippen molar-refractivity contribution in [3.63, 3.8) is 0 Å². The van der Waals surface area contributed by atoms with Gasteiger partial charge in [0.2, 0.25) is 23.8 Å². The summed E-state index contributed by atoms with van der Waals surface area (Å²) in [6.07, 6.45) is 0. The minimum absolute atomic E-state index is 0.00244. The first-order valence-corrected chi connectivity index (χ1v) is 30.2. The molecule has 7 aromatic carbocycles. The first-order chi connectivity index (χ1) is 45.1. The zero-order chi connectivity index (χ0) is 67.4. The van der Waals surface area contributed by atoms with Gasteiger partial charge in [0, 0.05) is 16.5 Å². The van der Waals surface area contributed by atoms with Crippen molar-refractivity contribution < 1.29 is 103 Å². The van der Waals surface area contributed by atoms with Gasteiger partial charge in [-0.2, -0.15) is 46.7 Å². The first-order valence-electron chi connectivity index (χ1n) is 25.9. The van der Waals surface area contributed by atoms with Gasteiger partial charge in [-0.1, -0.05) is 34.3 Å². The molecular weight excluding hydrogens is 1320 g/mol. The van der Waals surface area contributed by atoms with Gasteiger partial charge in [0.05, 0.1) is 127 Å². The lowest BCUT2D eigenvalue weighted by Crippen LogP contribution is -2.10. The molecule has 94 heavy (non-hydrogen) atoms. The highest BCUT2D eigenvalue weighted by Gasteiger charge is 2.27. The Kier molecular flexibility index (Phi) is 21.5. The molecule has 0 amide bonds. The summed E-state index contributed by atoms with van der Waals surface area (Å²) in [4.78, 5) is 71.1. The largest absolute Gasteiger partial charge is 0.505 e. The van der Waals surface area contributed by atoms with Crippen LogP contribution in [-0.4, -0.2) is 135 Å². The maximum atomic E-state index is 13.5. The molecule has 2 heterocycles. The highest BCUT2D eigenvalue weighted by atomic mass is 32.2. The Hall–Kier alpha value is -10.6. The molecule has 0 radical (unpaired) electrons. The molecule has 0 unspecified atom stereocenters. The van der Waals surface area contributed by atoms with Gasteiger partial charge in [-0.3, -0.25) is 8.37 Å². The minimum Gasteiger partial charge on any atom is -0.505 e. The molecule has 0 aliphatic carbocycles. The summed E-state index contributed by atoms with van der Waals surface area (Å²) < 4.78 is 87.5. The number of phenols is 2. The van der Waals surface area contributed by atoms with E-state index in [2.05, 4.69) is 91.5 Å². The fourth-order valence-electron chi connectivity index (χ4n) is 8.42. The maximum absolute atomic E-state index is 13.5. The Balaban J connectivity index is 1.06. The van der Waals surface area contributed by atoms with Crippen LogP contribution in [0.1, 0.15) is 31.1 Å². The van der Waals surface area contributed by atoms with E-state index in [0.29, 0.717) is 24.1 Å². The second-order valence-electron chi connectivity index (χ2n) is 18.0. The van der Waals surface area contributed by atoms with Gasteiger partial charge < -0.3 is 55.9 Å². The SMILES string of the molecule is COOOSc1cc2cc(S(=O)(=O)OC)cc(Nc3nc(O)nc(Nc4ccc(Nc5nc(O)nc(Nc6cc(S(=O)(=O)OC)cc7cc(SOOOC)c(N=Nc8ccccc8C(=O)OC)c(O)c67)n5)c(C(=O)OC)c4)n3)c2c(O)c1N=Nc1ccccc1C(=O)OC. The molecule has 40 heteroatoms. The topological polar surface area (TPSA) is 477 Å². The van der Waals surface area contributed by atoms with Gasteiger partial charge in [0.15, 0.2) is 11.5 Å². The fraction of sp³-hybridized carbons (Fsp3) is 0.130. The molecule has 0 aliphatic heterocycles. The number of carbonyl (C=O) groups excluding carboxylic acids is 3. The average Bonchev–Trinajstić information content (AvgIpc) is 0.762. The highest BCUT2D eigenvalue weighted by molar-refractivity contribution is 7.95. The molecule has 0 spiro atoms. The Bertz CT molecular complexity index is 4730. The predicted octanol–water partition coefficient (Wildman–Crippen LogP) is 10.1. The smallest absolute Gasteiger partial charge is 0.340 e. The van der Waals surface area contributed by atoms with Crippen molar-refractivity contribution in [1.29, 1.82) is 0 Å². The van der Waals surface area contributed by atoms with Crippen LogP contribution in [0.5, 0.6) is 23.5 Å². The van der Waals surface area contributed by atoms with Crippen molar-refractivity contribution in [1.82, 2.24) is 29.9 Å². The van der Waals surface area contributed by atoms with Crippen molar-refractivity contribution in [2.45, 2.75) is 19.6 Å². The van der Waals surface area contributed by atoms with E-state index >= 15 is 0 Å². The van der Waals surface area contributed by atoms with Crippen LogP contribution < -0.4 is 21.3 Å². The molecular formula is C54H46N14O22S4. The van der Waals surface area contributed by atoms with E-state index in [1.165, 1.54) is 68.8 Å². The van der Waals surface area contributed by atoms with Gasteiger partial charge in [0.1, 0.15) is 22.7 Å². The van der Waals surface area contributed by atoms with E-state index < -0.39 is 95.2 Å². The number of hydrogen-bond acceptors (Lipinski definition) is 38. The third-order valence-corrected chi connectivity index (χ3v) is 16.2. The number of aromatic nitrogens is 6. The molecule has 0 fully saturated rings. The number of methoxy groups -OCH3 is 3. The second-order valence-corrected chi connectivity index (χ2v) is 22.9. The quantitative estimate of drug-likeness (QED) is 0.00347. The Morgan fingerprint density at radius 2 is 0.840 bits per heavy atom. The number of carbonyl (C=O) groups is 3. The van der Waals surface area contributed by atoms with Crippen LogP contribution >= 0.6 is 24.1 Å². The van der Waals surface area contributed by atoms with Crippen LogP contribution in [-0.2, 0) is 71.3 Å². The van der Waals surface area contributed by atoms with Gasteiger partial charge in [-0.05, 0) is 89.6 Å². The minimum atomic E-state index is -4.51. The van der Waals surface area contributed by atoms with Crippen LogP contribution in [0.2, 0.25) is 0 Å². The van der Waals surface area contributed by atoms with Crippen LogP contribution in [0, 0.1) is 0 Å². The lowest BCUT2D eigenvalue weighted by atomic mass is 10.1. The number of esters is 3. The zero-order valence-corrected chi connectivity index (χ0v) is 52.3. The van der Waals surface area contributed by atoms with Gasteiger partial charge in [0.25, 0.3) is 20.2 Å². The molecule has 0 saturated heterocycles. The van der Waals surface area contributed by atoms with E-state index in [4.69, 9.17) is 31.2 Å². The maximum Gasteiger partial charge on any atom is 0.340 e. The van der Waals surface area contributed by atoms with Crippen LogP contribution in [0.4, 0.5) is 69.3 Å². The van der Waals surface area contributed by atoms with E-state index in [1.54, 1.807) is 24.3 Å². The van der Waals surface area contributed by atoms with Crippen molar-refractivity contribution >= 4 is 153 Å². The Morgan fingerprint density at radius 1 is 0.447 bits per heavy atom. The highest BCUT2D eigenvalue weighted by Crippen LogP contribution is 2.50. The number of anilines is 8. The van der Waals surface area contributed by atoms with E-state index in [-0.39, 0.29) is 93.5 Å². The molecule has 9 rings (SSSR count). The standard InChI is InChI=1S/C54H46N14O22S4/c1-80-46(71)30-12-8-10-14-34(30)65-67-42-38(91-89-87-83-4)20-25-18-28(93(76,77)85-6)23-36(40(25)44(42)69)57-51-59-49(61-53(74)63-51)55-27-16-17-33(32(22-27)48(73)82-3)56-50-60-52(64-54(75)62-50)58-37-24-29(94(78,79)86-7)19-26-21-39(92-90-88-84-5)43(45(70)41(26)37)68-66-35-15-11-9-13-31(35)47(72)81-2/h8-24,69-70H,1-7H3,(H3,55,57,59,61,63,74)(H3,56,58,60,62,64,75). The monoisotopic (exact) mass is 1370 g/mol. The summed E-state index contributed by atoms with van der Waals surface area (Å²) in [5, 5.41) is 82.7. The molecule has 2 aromatic heterocycles. The van der Waals surface area contributed by atoms with Crippen LogP contribution in [0.3, 0.4) is 0 Å². The lowest BCUT2D eigenvalue weighted by Gasteiger charge is -2.16. The molecule has 0 saturated carbocycles. The summed E-state index contributed by atoms with van der Waals surface area (Å²) in [6, 6.07) is 21.1. The number of azo groups is 2. The summed E-state index contributed by atoms with van der Waals surface area (Å²) in [5.41, 5.74) is -1.26. The molecule has 36 nitrogen and oxygen atoms in total. The van der Waals surface area contributed by atoms with Gasteiger partial charge >= 0.3 is 29.9 Å². The molecule has 0 atom stereocenters. The number of nitrogens with one attached hydrogen (secondary N) is 4. The normalized spacial score (nSPS) is 11.7. The van der Waals surface area contributed by atoms with Crippen molar-refractivity contribution in [3.05, 3.63) is 120 Å². The van der Waals surface area contributed by atoms with Gasteiger partial charge in [-0.15, -0.1) is 29.1 Å². The van der Waals surface area contributed by atoms with Crippen LogP contribution in [0.25, 0.3) is 21.5 Å². The molecule has 0 bridgehead atoms. The number of fused-ring (bicyclic) bond motifs is 2. The molecule has 0 aliphatic rings. The summed E-state index contributed by atoms with van der Waals surface area (Å²) in [6.45, 7) is 0. The first kappa shape index (κ1) is 67.8. The number of benzene rings is 7. The number of rotatable bonds is 27. The van der Waals surface area contributed by atoms with E-state index in [1.807, 2.05) is 0 Å². The zero-order valence-electron chi connectivity index (χ0n) is 49.1. The van der Waals surface area contributed by atoms with Crippen molar-refractivity contribution in [2.24, 2.45) is 20.5 Å². The van der Waals surface area contributed by atoms with E-state index in [9.17, 15) is 51.6 Å². The third-order valence-electron chi connectivity index (χ3n) is 12.5. The number of ether oxygens (including phenoxy) is 3. The number of phenolic OH excluding ortho intramolecular Hbond substituents is 2. The third kappa shape index (κ3) is 15.5. The summed E-state index contributed by atoms with van der Waals surface area (Å²) in [5.74, 6) is -5.56. The fourth-order valence-corrected chi connectivity index (χ4v) is 11.0. The van der Waals surface area contributed by atoms with E-state index in [0.717, 1.165) is 59.8 Å². The Morgan fingerprint density at radius 3 is 1.24 bits per heavy atom. The van der Waals surface area contributed by atoms with Crippen molar-refractivity contribution in [3.8, 4) is 23.5 Å². The van der Waals surface area contributed by atoms with Crippen LogP contribution in [0.15, 0.2) is 143 Å². The predicted molar refractivity (Wildman–Crippen MR) is 327 cm³/mol. The Labute approximate surface area is 537 Å². The number of nitrogens with zero attached hydrogens (tertiary/aromatic N) is 10. The summed E-state index contributed by atoms with van der Waals surface area (Å²) in [7, 11) is -1.48. The second kappa shape index (κ2) is 29.8. The number of hydrogen-bond donors (Lipinski definition) is 8. The van der Waals surface area contributed by atoms with Crippen molar-refractivity contribution in [2.75, 3.05) is 71.0 Å². The molecule has 488 valence electrons. The van der Waals surface area contributed by atoms with Gasteiger partial charge in [-0.25, -0.2) is 24.2 Å².